The number of allylic oxidation sites excluding steroid dienone is 4. The van der Waals surface area contributed by atoms with Crippen molar-refractivity contribution >= 4 is 11.6 Å². The lowest BCUT2D eigenvalue weighted by Gasteiger charge is -2.25. The fourth-order valence-electron chi connectivity index (χ4n) is 1.29. The summed E-state index contributed by atoms with van der Waals surface area (Å²) in [6.07, 6.45) is 5.51. The van der Waals surface area contributed by atoms with Crippen molar-refractivity contribution < 1.29 is 0 Å². The van der Waals surface area contributed by atoms with Crippen LogP contribution in [0.4, 0.5) is 0 Å². The summed E-state index contributed by atoms with van der Waals surface area (Å²) in [5.41, 5.74) is 1.60. The summed E-state index contributed by atoms with van der Waals surface area (Å²) in [5.74, 6) is 0.512. The maximum atomic E-state index is 6.09. The Kier molecular flexibility index (Phi) is 2.67. The Morgan fingerprint density at radius 2 is 2.00 bits per heavy atom. The highest BCUT2D eigenvalue weighted by Crippen LogP contribution is 2.34. The topological polar surface area (TPSA) is 0 Å². The molecule has 0 aromatic heterocycles. The van der Waals surface area contributed by atoms with Crippen LogP contribution in [0.5, 0.6) is 0 Å². The molecular formula is C11H17Cl. The van der Waals surface area contributed by atoms with Crippen LogP contribution in [-0.2, 0) is 0 Å². The van der Waals surface area contributed by atoms with Crippen LogP contribution in [0.3, 0.4) is 0 Å². The first-order chi connectivity index (χ1) is 5.41. The molecule has 0 nitrogen and oxygen atoms in total. The lowest BCUT2D eigenvalue weighted by Crippen LogP contribution is -2.12. The van der Waals surface area contributed by atoms with Crippen LogP contribution in [0.2, 0.25) is 0 Å². The minimum atomic E-state index is 0.236. The maximum Gasteiger partial charge on any atom is 0.0215 e. The first-order valence-electron chi connectivity index (χ1n) is 4.49. The van der Waals surface area contributed by atoms with Crippen LogP contribution in [0.15, 0.2) is 22.8 Å². The molecule has 0 aromatic carbocycles. The third-order valence-corrected chi connectivity index (χ3v) is 2.80. The minimum Gasteiger partial charge on any atom is -0.0888 e. The molecule has 1 atom stereocenters. The summed E-state index contributed by atoms with van der Waals surface area (Å²) in [5, 5.41) is 1.00. The molecule has 0 fully saturated rings. The van der Waals surface area contributed by atoms with Crippen molar-refractivity contribution in [2.45, 2.75) is 34.1 Å². The second-order valence-corrected chi connectivity index (χ2v) is 5.01. The van der Waals surface area contributed by atoms with Gasteiger partial charge in [-0.3, -0.25) is 0 Å². The van der Waals surface area contributed by atoms with Gasteiger partial charge < -0.3 is 0 Å². The Morgan fingerprint density at radius 3 is 2.42 bits per heavy atom. The second kappa shape index (κ2) is 3.26. The first-order valence-corrected chi connectivity index (χ1v) is 4.87. The summed E-state index contributed by atoms with van der Waals surface area (Å²) in [6.45, 7) is 8.81. The van der Waals surface area contributed by atoms with Gasteiger partial charge in [-0.15, -0.1) is 0 Å². The summed E-state index contributed by atoms with van der Waals surface area (Å²) < 4.78 is 0. The van der Waals surface area contributed by atoms with Gasteiger partial charge in [0.25, 0.3) is 0 Å². The number of halogens is 1. The van der Waals surface area contributed by atoms with Crippen LogP contribution in [0, 0.1) is 11.3 Å². The lowest BCUT2D eigenvalue weighted by atomic mass is 9.82. The van der Waals surface area contributed by atoms with Crippen molar-refractivity contribution in [2.75, 3.05) is 0 Å². The molecule has 0 amide bonds. The first kappa shape index (κ1) is 9.85. The van der Waals surface area contributed by atoms with Gasteiger partial charge in [-0.25, -0.2) is 0 Å². The Labute approximate surface area is 80.3 Å². The SMILES string of the molecule is CC1CC=C(C(C)(C)C)C=C1Cl. The van der Waals surface area contributed by atoms with E-state index in [4.69, 9.17) is 11.6 Å². The van der Waals surface area contributed by atoms with E-state index in [0.717, 1.165) is 11.5 Å². The molecule has 0 heterocycles. The van der Waals surface area contributed by atoms with Crippen molar-refractivity contribution in [1.82, 2.24) is 0 Å². The molecular weight excluding hydrogens is 168 g/mol. The summed E-state index contributed by atoms with van der Waals surface area (Å²) in [7, 11) is 0. The van der Waals surface area contributed by atoms with Gasteiger partial charge in [0, 0.05) is 5.03 Å². The van der Waals surface area contributed by atoms with Gasteiger partial charge in [-0.1, -0.05) is 45.4 Å². The van der Waals surface area contributed by atoms with Gasteiger partial charge in [-0.05, 0) is 29.4 Å². The van der Waals surface area contributed by atoms with E-state index in [2.05, 4.69) is 39.8 Å². The summed E-state index contributed by atoms with van der Waals surface area (Å²) >= 11 is 6.09. The monoisotopic (exact) mass is 184 g/mol. The molecule has 0 saturated heterocycles. The van der Waals surface area contributed by atoms with Crippen molar-refractivity contribution in [3.8, 4) is 0 Å². The zero-order chi connectivity index (χ0) is 9.35. The van der Waals surface area contributed by atoms with Gasteiger partial charge in [0.1, 0.15) is 0 Å². The van der Waals surface area contributed by atoms with Crippen LogP contribution in [-0.4, -0.2) is 0 Å². The lowest BCUT2D eigenvalue weighted by molar-refractivity contribution is 0.506. The van der Waals surface area contributed by atoms with Gasteiger partial charge in [0.2, 0.25) is 0 Å². The standard InChI is InChI=1S/C11H17Cl/c1-8-5-6-9(7-10(8)12)11(2,3)4/h6-8H,5H2,1-4H3. The molecule has 1 aliphatic carbocycles. The zero-order valence-electron chi connectivity index (χ0n) is 8.32. The van der Waals surface area contributed by atoms with E-state index in [1.165, 1.54) is 5.57 Å². The molecule has 0 bridgehead atoms. The molecule has 1 heteroatoms. The Bertz CT molecular complexity index is 228. The molecule has 0 saturated carbocycles. The Hall–Kier alpha value is -0.230. The fraction of sp³-hybridized carbons (Fsp3) is 0.636. The van der Waals surface area contributed by atoms with Crippen molar-refractivity contribution in [2.24, 2.45) is 11.3 Å². The number of hydrogen-bond acceptors (Lipinski definition) is 0. The minimum absolute atomic E-state index is 0.236. The molecule has 0 aromatic rings. The molecule has 0 aliphatic heterocycles. The zero-order valence-corrected chi connectivity index (χ0v) is 9.07. The summed E-state index contributed by atoms with van der Waals surface area (Å²) in [4.78, 5) is 0. The van der Waals surface area contributed by atoms with Gasteiger partial charge >= 0.3 is 0 Å². The van der Waals surface area contributed by atoms with E-state index in [-0.39, 0.29) is 5.41 Å². The van der Waals surface area contributed by atoms with Crippen molar-refractivity contribution in [1.29, 1.82) is 0 Å². The molecule has 1 unspecified atom stereocenters. The van der Waals surface area contributed by atoms with E-state index >= 15 is 0 Å². The number of hydrogen-bond donors (Lipinski definition) is 0. The van der Waals surface area contributed by atoms with Crippen LogP contribution in [0.25, 0.3) is 0 Å². The van der Waals surface area contributed by atoms with Crippen LogP contribution >= 0.6 is 11.6 Å². The number of rotatable bonds is 0. The van der Waals surface area contributed by atoms with Crippen molar-refractivity contribution in [3.05, 3.63) is 22.8 Å². The van der Waals surface area contributed by atoms with E-state index < -0.39 is 0 Å². The highest BCUT2D eigenvalue weighted by molar-refractivity contribution is 6.30. The maximum absolute atomic E-state index is 6.09. The molecule has 0 N–H and O–H groups in total. The fourth-order valence-corrected chi connectivity index (χ4v) is 1.50. The normalized spacial score (nSPS) is 24.9. The highest BCUT2D eigenvalue weighted by Gasteiger charge is 2.20. The molecule has 1 aliphatic rings. The predicted octanol–water partition coefficient (Wildman–Crippen LogP) is 4.12. The van der Waals surface area contributed by atoms with Crippen molar-refractivity contribution in [3.63, 3.8) is 0 Å². The van der Waals surface area contributed by atoms with Gasteiger partial charge in [0.05, 0.1) is 0 Å². The second-order valence-electron chi connectivity index (χ2n) is 4.58. The smallest absolute Gasteiger partial charge is 0.0215 e. The Balaban J connectivity index is 2.85. The van der Waals surface area contributed by atoms with E-state index in [1.807, 2.05) is 0 Å². The molecule has 0 spiro atoms. The third kappa shape index (κ3) is 2.13. The average molecular weight is 185 g/mol. The Morgan fingerprint density at radius 1 is 1.42 bits per heavy atom. The van der Waals surface area contributed by atoms with Crippen LogP contribution in [0.1, 0.15) is 34.1 Å². The largest absolute Gasteiger partial charge is 0.0888 e. The predicted molar refractivity (Wildman–Crippen MR) is 55.3 cm³/mol. The molecule has 1 rings (SSSR count). The van der Waals surface area contributed by atoms with E-state index in [0.29, 0.717) is 5.92 Å². The molecule has 68 valence electrons. The quantitative estimate of drug-likeness (QED) is 0.531. The van der Waals surface area contributed by atoms with E-state index in [1.54, 1.807) is 0 Å². The van der Waals surface area contributed by atoms with Crippen LogP contribution < -0.4 is 0 Å². The average Bonchev–Trinajstić information content (AvgIpc) is 1.92. The van der Waals surface area contributed by atoms with Gasteiger partial charge in [0.15, 0.2) is 0 Å². The molecule has 0 radical (unpaired) electrons. The summed E-state index contributed by atoms with van der Waals surface area (Å²) in [6, 6.07) is 0. The highest BCUT2D eigenvalue weighted by atomic mass is 35.5. The van der Waals surface area contributed by atoms with E-state index in [9.17, 15) is 0 Å². The molecule has 12 heavy (non-hydrogen) atoms. The third-order valence-electron chi connectivity index (χ3n) is 2.32. The van der Waals surface area contributed by atoms with Gasteiger partial charge in [-0.2, -0.15) is 0 Å².